The van der Waals surface area contributed by atoms with Gasteiger partial charge in [0.1, 0.15) is 11.2 Å². The Kier molecular flexibility index (Phi) is 4.04. The van der Waals surface area contributed by atoms with Gasteiger partial charge in [0.25, 0.3) is 5.91 Å². The van der Waals surface area contributed by atoms with Crippen LogP contribution in [0.4, 0.5) is 0 Å². The first-order valence-electron chi connectivity index (χ1n) is 6.14. The van der Waals surface area contributed by atoms with Gasteiger partial charge in [-0.1, -0.05) is 18.5 Å². The summed E-state index contributed by atoms with van der Waals surface area (Å²) in [5.74, 6) is -0.949. The van der Waals surface area contributed by atoms with Gasteiger partial charge in [-0.25, -0.2) is 9.78 Å². The van der Waals surface area contributed by atoms with Gasteiger partial charge in [-0.3, -0.25) is 4.79 Å². The standard InChI is InChI=1S/C13H15ClN2O3/c1-8-3-5-16(10(6-8)13(18)19)12(17)9-2-4-15-11(14)7-9/h2,4,7-8,10H,3,5-6H2,1H3,(H,18,19). The third kappa shape index (κ3) is 3.04. The lowest BCUT2D eigenvalue weighted by Crippen LogP contribution is -2.49. The van der Waals surface area contributed by atoms with Crippen LogP contribution in [0.2, 0.25) is 5.15 Å². The number of carboxylic acid groups (broad SMARTS) is 1. The normalized spacial score (nSPS) is 23.2. The number of halogens is 1. The Morgan fingerprint density at radius 3 is 2.89 bits per heavy atom. The number of rotatable bonds is 2. The highest BCUT2D eigenvalue weighted by atomic mass is 35.5. The fourth-order valence-corrected chi connectivity index (χ4v) is 2.49. The van der Waals surface area contributed by atoms with Crippen molar-refractivity contribution in [2.45, 2.75) is 25.8 Å². The van der Waals surface area contributed by atoms with Crippen molar-refractivity contribution >= 4 is 23.5 Å². The summed E-state index contributed by atoms with van der Waals surface area (Å²) < 4.78 is 0. The predicted molar refractivity (Wildman–Crippen MR) is 70.1 cm³/mol. The summed E-state index contributed by atoms with van der Waals surface area (Å²) in [4.78, 5) is 28.9. The van der Waals surface area contributed by atoms with E-state index in [1.165, 1.54) is 17.2 Å². The molecule has 0 aromatic carbocycles. The molecule has 1 amide bonds. The molecule has 2 unspecified atom stereocenters. The minimum Gasteiger partial charge on any atom is -0.480 e. The molecule has 2 rings (SSSR count). The molecule has 0 radical (unpaired) electrons. The third-order valence-electron chi connectivity index (χ3n) is 3.38. The monoisotopic (exact) mass is 282 g/mol. The number of carbonyl (C=O) groups excluding carboxylic acids is 1. The van der Waals surface area contributed by atoms with E-state index in [1.807, 2.05) is 6.92 Å². The Morgan fingerprint density at radius 2 is 2.26 bits per heavy atom. The Bertz CT molecular complexity index is 506. The maximum atomic E-state index is 12.3. The lowest BCUT2D eigenvalue weighted by atomic mass is 9.92. The molecule has 0 bridgehead atoms. The van der Waals surface area contributed by atoms with Crippen LogP contribution in [0, 0.1) is 5.92 Å². The van der Waals surface area contributed by atoms with Crippen molar-refractivity contribution in [3.63, 3.8) is 0 Å². The molecule has 6 heteroatoms. The van der Waals surface area contributed by atoms with Gasteiger partial charge in [0.15, 0.2) is 0 Å². The van der Waals surface area contributed by atoms with Crippen LogP contribution in [0.25, 0.3) is 0 Å². The van der Waals surface area contributed by atoms with E-state index < -0.39 is 12.0 Å². The molecule has 1 saturated heterocycles. The quantitative estimate of drug-likeness (QED) is 0.843. The molecule has 2 atom stereocenters. The molecule has 1 N–H and O–H groups in total. The molecule has 1 fully saturated rings. The van der Waals surface area contributed by atoms with Crippen LogP contribution in [0.5, 0.6) is 0 Å². The SMILES string of the molecule is CC1CCN(C(=O)c2ccnc(Cl)c2)C(C(=O)O)C1. The number of piperidine rings is 1. The smallest absolute Gasteiger partial charge is 0.326 e. The second kappa shape index (κ2) is 5.57. The molecule has 0 saturated carbocycles. The van der Waals surface area contributed by atoms with Crippen molar-refractivity contribution in [2.75, 3.05) is 6.54 Å². The number of amides is 1. The van der Waals surface area contributed by atoms with Gasteiger partial charge >= 0.3 is 5.97 Å². The molecule has 2 heterocycles. The van der Waals surface area contributed by atoms with E-state index in [0.29, 0.717) is 24.4 Å². The summed E-state index contributed by atoms with van der Waals surface area (Å²) in [5.41, 5.74) is 0.376. The fourth-order valence-electron chi connectivity index (χ4n) is 2.32. The van der Waals surface area contributed by atoms with E-state index in [-0.39, 0.29) is 11.1 Å². The zero-order chi connectivity index (χ0) is 14.0. The van der Waals surface area contributed by atoms with Crippen molar-refractivity contribution in [3.05, 3.63) is 29.0 Å². The highest BCUT2D eigenvalue weighted by molar-refractivity contribution is 6.29. The first-order chi connectivity index (χ1) is 8.99. The number of hydrogen-bond donors (Lipinski definition) is 1. The number of hydrogen-bond acceptors (Lipinski definition) is 3. The van der Waals surface area contributed by atoms with E-state index in [9.17, 15) is 14.7 Å². The van der Waals surface area contributed by atoms with Gasteiger partial charge in [0.05, 0.1) is 0 Å². The highest BCUT2D eigenvalue weighted by Gasteiger charge is 2.35. The van der Waals surface area contributed by atoms with Gasteiger partial charge in [0, 0.05) is 18.3 Å². The van der Waals surface area contributed by atoms with Gasteiger partial charge < -0.3 is 10.0 Å². The lowest BCUT2D eigenvalue weighted by molar-refractivity contribution is -0.144. The molecule has 0 aliphatic carbocycles. The number of aromatic nitrogens is 1. The number of likely N-dealkylation sites (tertiary alicyclic amines) is 1. The number of pyridine rings is 1. The van der Waals surface area contributed by atoms with Crippen molar-refractivity contribution < 1.29 is 14.7 Å². The second-order valence-corrected chi connectivity index (χ2v) is 5.24. The van der Waals surface area contributed by atoms with Crippen LogP contribution < -0.4 is 0 Å². The Hall–Kier alpha value is -1.62. The van der Waals surface area contributed by atoms with Crippen LogP contribution in [-0.4, -0.2) is 39.5 Å². The summed E-state index contributed by atoms with van der Waals surface area (Å²) in [7, 11) is 0. The molecule has 0 spiro atoms. The Balaban J connectivity index is 2.24. The Morgan fingerprint density at radius 1 is 1.53 bits per heavy atom. The molecular formula is C13H15ClN2O3. The fraction of sp³-hybridized carbons (Fsp3) is 0.462. The summed E-state index contributed by atoms with van der Waals surface area (Å²) in [6, 6.07) is 2.25. The van der Waals surface area contributed by atoms with Crippen LogP contribution >= 0.6 is 11.6 Å². The van der Waals surface area contributed by atoms with E-state index in [0.717, 1.165) is 6.42 Å². The molecule has 5 nitrogen and oxygen atoms in total. The first-order valence-corrected chi connectivity index (χ1v) is 6.52. The number of nitrogens with zero attached hydrogens (tertiary/aromatic N) is 2. The number of aliphatic carboxylic acids is 1. The van der Waals surface area contributed by atoms with E-state index in [1.54, 1.807) is 6.07 Å². The summed E-state index contributed by atoms with van der Waals surface area (Å²) in [5, 5.41) is 9.47. The van der Waals surface area contributed by atoms with E-state index in [2.05, 4.69) is 4.98 Å². The lowest BCUT2D eigenvalue weighted by Gasteiger charge is -2.36. The zero-order valence-corrected chi connectivity index (χ0v) is 11.3. The van der Waals surface area contributed by atoms with Crippen LogP contribution in [0.15, 0.2) is 18.3 Å². The topological polar surface area (TPSA) is 70.5 Å². The minimum absolute atomic E-state index is 0.225. The average Bonchev–Trinajstić information content (AvgIpc) is 2.37. The molecule has 1 aliphatic heterocycles. The van der Waals surface area contributed by atoms with E-state index >= 15 is 0 Å². The zero-order valence-electron chi connectivity index (χ0n) is 10.5. The Labute approximate surface area is 116 Å². The first kappa shape index (κ1) is 13.8. The molecule has 1 aromatic heterocycles. The minimum atomic E-state index is -0.958. The van der Waals surface area contributed by atoms with Crippen LogP contribution in [0.1, 0.15) is 30.1 Å². The van der Waals surface area contributed by atoms with Gasteiger partial charge in [-0.2, -0.15) is 0 Å². The maximum absolute atomic E-state index is 12.3. The molecule has 1 aliphatic rings. The molecule has 102 valence electrons. The van der Waals surface area contributed by atoms with Crippen LogP contribution in [-0.2, 0) is 4.79 Å². The third-order valence-corrected chi connectivity index (χ3v) is 3.59. The van der Waals surface area contributed by atoms with Crippen LogP contribution in [0.3, 0.4) is 0 Å². The summed E-state index contributed by atoms with van der Waals surface area (Å²) in [6.45, 7) is 2.46. The van der Waals surface area contributed by atoms with Gasteiger partial charge in [0.2, 0.25) is 0 Å². The van der Waals surface area contributed by atoms with Gasteiger partial charge in [-0.05, 0) is 30.9 Å². The summed E-state index contributed by atoms with van der Waals surface area (Å²) in [6.07, 6.45) is 2.74. The molecule has 1 aromatic rings. The maximum Gasteiger partial charge on any atom is 0.326 e. The van der Waals surface area contributed by atoms with Crippen molar-refractivity contribution in [2.24, 2.45) is 5.92 Å². The average molecular weight is 283 g/mol. The highest BCUT2D eigenvalue weighted by Crippen LogP contribution is 2.24. The molecular weight excluding hydrogens is 268 g/mol. The van der Waals surface area contributed by atoms with Gasteiger partial charge in [-0.15, -0.1) is 0 Å². The van der Waals surface area contributed by atoms with Crippen molar-refractivity contribution in [3.8, 4) is 0 Å². The second-order valence-electron chi connectivity index (χ2n) is 4.85. The van der Waals surface area contributed by atoms with E-state index in [4.69, 9.17) is 11.6 Å². The summed E-state index contributed by atoms with van der Waals surface area (Å²) >= 11 is 5.75. The van der Waals surface area contributed by atoms with Crippen molar-refractivity contribution in [1.82, 2.24) is 9.88 Å². The number of carbonyl (C=O) groups is 2. The number of carboxylic acids is 1. The van der Waals surface area contributed by atoms with Crippen molar-refractivity contribution in [1.29, 1.82) is 0 Å². The molecule has 19 heavy (non-hydrogen) atoms. The largest absolute Gasteiger partial charge is 0.480 e. The predicted octanol–water partition coefficient (Wildman–Crippen LogP) is 2.06.